The zero-order valence-corrected chi connectivity index (χ0v) is 12.5. The molecule has 106 valence electrons. The maximum atomic E-state index is 12.0. The molecule has 1 N–H and O–H groups in total. The molecular formula is C12H17ClN2O3S. The molecule has 0 fully saturated rings. The fourth-order valence-electron chi connectivity index (χ4n) is 1.40. The van der Waals surface area contributed by atoms with E-state index in [-0.39, 0.29) is 29.6 Å². The van der Waals surface area contributed by atoms with Gasteiger partial charge in [0.25, 0.3) is 0 Å². The molecule has 0 aliphatic rings. The van der Waals surface area contributed by atoms with Gasteiger partial charge in [0.15, 0.2) is 0 Å². The maximum absolute atomic E-state index is 12.0. The summed E-state index contributed by atoms with van der Waals surface area (Å²) in [5.41, 5.74) is 0.730. The minimum Gasteiger partial charge on any atom is -0.349 e. The zero-order chi connectivity index (χ0) is 14.5. The number of halogens is 1. The molecule has 1 rings (SSSR count). The molecule has 1 amide bonds. The molecule has 0 radical (unpaired) electrons. The van der Waals surface area contributed by atoms with Crippen LogP contribution in [0.3, 0.4) is 0 Å². The van der Waals surface area contributed by atoms with Gasteiger partial charge in [0.2, 0.25) is 15.9 Å². The Morgan fingerprint density at radius 3 is 2.63 bits per heavy atom. The van der Waals surface area contributed by atoms with Crippen molar-refractivity contribution in [3.05, 3.63) is 29.8 Å². The van der Waals surface area contributed by atoms with Crippen molar-refractivity contribution >= 4 is 27.5 Å². The SMILES string of the molecule is CN(C)C(=O)CCNS(=O)(=O)c1cccc(CCl)c1. The van der Waals surface area contributed by atoms with Crippen LogP contribution in [0.1, 0.15) is 12.0 Å². The zero-order valence-electron chi connectivity index (χ0n) is 10.9. The fraction of sp³-hybridized carbons (Fsp3) is 0.417. The molecule has 0 saturated carbocycles. The van der Waals surface area contributed by atoms with E-state index in [0.717, 1.165) is 5.56 Å². The number of nitrogens with one attached hydrogen (secondary N) is 1. The van der Waals surface area contributed by atoms with Crippen molar-refractivity contribution in [3.63, 3.8) is 0 Å². The molecule has 0 aliphatic heterocycles. The Morgan fingerprint density at radius 2 is 2.05 bits per heavy atom. The van der Waals surface area contributed by atoms with Crippen LogP contribution in [0.15, 0.2) is 29.2 Å². The van der Waals surface area contributed by atoms with Crippen molar-refractivity contribution in [2.45, 2.75) is 17.2 Å². The van der Waals surface area contributed by atoms with Crippen molar-refractivity contribution in [1.29, 1.82) is 0 Å². The van der Waals surface area contributed by atoms with Gasteiger partial charge in [-0.2, -0.15) is 0 Å². The highest BCUT2D eigenvalue weighted by Gasteiger charge is 2.14. The average Bonchev–Trinajstić information content (AvgIpc) is 2.38. The van der Waals surface area contributed by atoms with E-state index in [4.69, 9.17) is 11.6 Å². The van der Waals surface area contributed by atoms with Gasteiger partial charge in [-0.15, -0.1) is 11.6 Å². The lowest BCUT2D eigenvalue weighted by Gasteiger charge is -2.11. The number of benzene rings is 1. The van der Waals surface area contributed by atoms with Crippen LogP contribution in [0, 0.1) is 0 Å². The number of hydrogen-bond donors (Lipinski definition) is 1. The van der Waals surface area contributed by atoms with Crippen LogP contribution in [0.25, 0.3) is 0 Å². The van der Waals surface area contributed by atoms with Crippen LogP contribution < -0.4 is 4.72 Å². The number of nitrogens with zero attached hydrogens (tertiary/aromatic N) is 1. The van der Waals surface area contributed by atoms with Crippen LogP contribution in [0.5, 0.6) is 0 Å². The van der Waals surface area contributed by atoms with Crippen molar-refractivity contribution in [2.75, 3.05) is 20.6 Å². The molecule has 7 heteroatoms. The smallest absolute Gasteiger partial charge is 0.240 e. The molecule has 0 aromatic heterocycles. The number of hydrogen-bond acceptors (Lipinski definition) is 3. The van der Waals surface area contributed by atoms with Crippen molar-refractivity contribution < 1.29 is 13.2 Å². The minimum absolute atomic E-state index is 0.0739. The molecule has 0 spiro atoms. The third-order valence-electron chi connectivity index (χ3n) is 2.49. The normalized spacial score (nSPS) is 11.3. The summed E-state index contributed by atoms with van der Waals surface area (Å²) in [7, 11) is -0.342. The molecule has 0 saturated heterocycles. The predicted octanol–water partition coefficient (Wildman–Crippen LogP) is 1.18. The Labute approximate surface area is 118 Å². The highest BCUT2D eigenvalue weighted by atomic mass is 35.5. The monoisotopic (exact) mass is 304 g/mol. The van der Waals surface area contributed by atoms with Gasteiger partial charge < -0.3 is 4.90 Å². The van der Waals surface area contributed by atoms with Crippen LogP contribution in [-0.2, 0) is 20.7 Å². The summed E-state index contributed by atoms with van der Waals surface area (Å²) in [5, 5.41) is 0. The summed E-state index contributed by atoms with van der Waals surface area (Å²) < 4.78 is 26.3. The molecule has 0 aliphatic carbocycles. The molecule has 5 nitrogen and oxygen atoms in total. The molecule has 0 unspecified atom stereocenters. The molecule has 1 aromatic carbocycles. The van der Waals surface area contributed by atoms with Gasteiger partial charge >= 0.3 is 0 Å². The number of alkyl halides is 1. The van der Waals surface area contributed by atoms with Crippen molar-refractivity contribution in [2.24, 2.45) is 0 Å². The molecule has 1 aromatic rings. The lowest BCUT2D eigenvalue weighted by molar-refractivity contribution is -0.128. The van der Waals surface area contributed by atoms with Crippen LogP contribution in [0.2, 0.25) is 0 Å². The molecule has 0 atom stereocenters. The van der Waals surface area contributed by atoms with E-state index in [1.165, 1.54) is 17.0 Å². The fourth-order valence-corrected chi connectivity index (χ4v) is 2.66. The Hall–Kier alpha value is -1.11. The maximum Gasteiger partial charge on any atom is 0.240 e. The highest BCUT2D eigenvalue weighted by molar-refractivity contribution is 7.89. The van der Waals surface area contributed by atoms with Gasteiger partial charge in [0.1, 0.15) is 0 Å². The second kappa shape index (κ2) is 6.88. The van der Waals surface area contributed by atoms with E-state index in [1.54, 1.807) is 26.2 Å². The largest absolute Gasteiger partial charge is 0.349 e. The third-order valence-corrected chi connectivity index (χ3v) is 4.26. The Morgan fingerprint density at radius 1 is 1.37 bits per heavy atom. The highest BCUT2D eigenvalue weighted by Crippen LogP contribution is 2.12. The summed E-state index contributed by atoms with van der Waals surface area (Å²) in [4.78, 5) is 12.9. The number of rotatable bonds is 6. The molecule has 0 heterocycles. The average molecular weight is 305 g/mol. The third kappa shape index (κ3) is 4.81. The van der Waals surface area contributed by atoms with E-state index >= 15 is 0 Å². The lowest BCUT2D eigenvalue weighted by atomic mass is 10.2. The first-order valence-electron chi connectivity index (χ1n) is 5.71. The van der Waals surface area contributed by atoms with E-state index in [9.17, 15) is 13.2 Å². The summed E-state index contributed by atoms with van der Waals surface area (Å²) >= 11 is 5.66. The van der Waals surface area contributed by atoms with E-state index < -0.39 is 10.0 Å². The number of carbonyl (C=O) groups is 1. The van der Waals surface area contributed by atoms with Crippen molar-refractivity contribution in [3.8, 4) is 0 Å². The number of carbonyl (C=O) groups excluding carboxylic acids is 1. The van der Waals surface area contributed by atoms with Gasteiger partial charge in [-0.25, -0.2) is 13.1 Å². The quantitative estimate of drug-likeness (QED) is 0.803. The van der Waals surface area contributed by atoms with E-state index in [2.05, 4.69) is 4.72 Å². The molecule has 0 bridgehead atoms. The minimum atomic E-state index is -3.59. The van der Waals surface area contributed by atoms with E-state index in [1.807, 2.05) is 0 Å². The van der Waals surface area contributed by atoms with Crippen LogP contribution in [0.4, 0.5) is 0 Å². The Bertz CT molecular complexity index is 544. The Kier molecular flexibility index (Phi) is 5.78. The van der Waals surface area contributed by atoms with Gasteiger partial charge in [-0.3, -0.25) is 4.79 Å². The summed E-state index contributed by atoms with van der Waals surface area (Å²) in [6, 6.07) is 6.40. The molecule has 19 heavy (non-hydrogen) atoms. The first-order chi connectivity index (χ1) is 8.86. The summed E-state index contributed by atoms with van der Waals surface area (Å²) in [6.45, 7) is 0.0739. The second-order valence-electron chi connectivity index (χ2n) is 4.22. The van der Waals surface area contributed by atoms with E-state index in [0.29, 0.717) is 0 Å². The molecular weight excluding hydrogens is 288 g/mol. The Balaban J connectivity index is 2.68. The van der Waals surface area contributed by atoms with Gasteiger partial charge in [-0.1, -0.05) is 12.1 Å². The van der Waals surface area contributed by atoms with Crippen LogP contribution in [-0.4, -0.2) is 39.9 Å². The number of amides is 1. The summed E-state index contributed by atoms with van der Waals surface area (Å²) in [5.74, 6) is 0.125. The standard InChI is InChI=1S/C12H17ClN2O3S/c1-15(2)12(16)6-7-14-19(17,18)11-5-3-4-10(8-11)9-13/h3-5,8,14H,6-7,9H2,1-2H3. The van der Waals surface area contributed by atoms with Crippen molar-refractivity contribution in [1.82, 2.24) is 9.62 Å². The summed E-state index contributed by atoms with van der Waals surface area (Å²) in [6.07, 6.45) is 0.126. The predicted molar refractivity (Wildman–Crippen MR) is 74.5 cm³/mol. The second-order valence-corrected chi connectivity index (χ2v) is 6.25. The van der Waals surface area contributed by atoms with Gasteiger partial charge in [0.05, 0.1) is 4.90 Å². The van der Waals surface area contributed by atoms with Crippen LogP contribution >= 0.6 is 11.6 Å². The van der Waals surface area contributed by atoms with Gasteiger partial charge in [0, 0.05) is 32.9 Å². The topological polar surface area (TPSA) is 66.5 Å². The lowest BCUT2D eigenvalue weighted by Crippen LogP contribution is -2.30. The first kappa shape index (κ1) is 15.9. The number of sulfonamides is 1. The first-order valence-corrected chi connectivity index (χ1v) is 7.73. The van der Waals surface area contributed by atoms with Gasteiger partial charge in [-0.05, 0) is 17.7 Å².